The van der Waals surface area contributed by atoms with Crippen molar-refractivity contribution in [1.29, 1.82) is 0 Å². The van der Waals surface area contributed by atoms with Gasteiger partial charge in [-0.1, -0.05) is 56.3 Å². The first kappa shape index (κ1) is 31.9. The molecular weight excluding hydrogens is 525 g/mol. The number of carboxylic acid groups (broad SMARTS) is 1. The maximum absolute atomic E-state index is 12.8. The number of phenolic OH excluding ortho intramolecular Hbond substituents is 1. The van der Waals surface area contributed by atoms with E-state index < -0.39 is 56.4 Å². The summed E-state index contributed by atoms with van der Waals surface area (Å²) in [6.07, 6.45) is -1.05. The molecule has 214 valence electrons. The molecule has 2 aromatic rings. The molecule has 0 aliphatic heterocycles. The van der Waals surface area contributed by atoms with Crippen LogP contribution in [0, 0.1) is 5.92 Å². The van der Waals surface area contributed by atoms with Crippen molar-refractivity contribution < 1.29 is 34.1 Å². The number of nitrogens with two attached hydrogens (primary N) is 1. The molecule has 39 heavy (non-hydrogen) atoms. The Labute approximate surface area is 227 Å². The average molecular weight is 563 g/mol. The minimum atomic E-state index is -4.42. The van der Waals surface area contributed by atoms with Gasteiger partial charge in [0.25, 0.3) is 0 Å². The number of phenols is 1. The lowest BCUT2D eigenvalue weighted by atomic mass is 10.0. The minimum Gasteiger partial charge on any atom is -0.787 e. The number of hydrogen-bond donors (Lipinski definition) is 7. The standard InChI is InChI=1S/C26H38N5O7P/c1-17(2)12-22(26(35)36)30-23(14-18-6-4-3-5-7-18)31-39(37,38)16-29-24(33)15-28-25(34)21(27)13-19-8-10-20(32)11-9-19/h3-11,17,21-23,30,32H,12-16,27H2,1-2H3,(H,28,34)(H,29,33)(H,35,36)(H2,31,37,38)/p-1. The van der Waals surface area contributed by atoms with Gasteiger partial charge in [-0.2, -0.15) is 0 Å². The van der Waals surface area contributed by atoms with E-state index in [1.807, 2.05) is 19.9 Å². The first-order valence-electron chi connectivity index (χ1n) is 12.5. The van der Waals surface area contributed by atoms with Gasteiger partial charge in [-0.25, -0.2) is 0 Å². The van der Waals surface area contributed by atoms with Crippen LogP contribution in [0.2, 0.25) is 0 Å². The Morgan fingerprint density at radius 3 is 2.18 bits per heavy atom. The van der Waals surface area contributed by atoms with Crippen LogP contribution in [0.5, 0.6) is 5.75 Å². The molecule has 0 fully saturated rings. The van der Waals surface area contributed by atoms with E-state index in [0.717, 1.165) is 11.1 Å². The summed E-state index contributed by atoms with van der Waals surface area (Å²) in [7, 11) is -4.42. The third-order valence-corrected chi connectivity index (χ3v) is 6.96. The van der Waals surface area contributed by atoms with Crippen molar-refractivity contribution in [3.63, 3.8) is 0 Å². The van der Waals surface area contributed by atoms with E-state index in [2.05, 4.69) is 21.0 Å². The molecule has 4 atom stereocenters. The van der Waals surface area contributed by atoms with E-state index in [9.17, 15) is 34.1 Å². The molecule has 2 aromatic carbocycles. The van der Waals surface area contributed by atoms with Crippen molar-refractivity contribution in [3.05, 3.63) is 65.7 Å². The maximum atomic E-state index is 12.8. The Bertz CT molecular complexity index is 1130. The van der Waals surface area contributed by atoms with Crippen LogP contribution < -0.4 is 31.7 Å². The average Bonchev–Trinajstić information content (AvgIpc) is 2.87. The summed E-state index contributed by atoms with van der Waals surface area (Å²) in [5.41, 5.74) is 7.37. The fourth-order valence-electron chi connectivity index (χ4n) is 3.76. The zero-order chi connectivity index (χ0) is 29.0. The quantitative estimate of drug-likeness (QED) is 0.110. The molecular formula is C26H37N5O7P-. The second-order valence-electron chi connectivity index (χ2n) is 9.68. The summed E-state index contributed by atoms with van der Waals surface area (Å²) >= 11 is 0. The number of carbonyl (C=O) groups is 3. The van der Waals surface area contributed by atoms with Crippen LogP contribution in [0.4, 0.5) is 0 Å². The van der Waals surface area contributed by atoms with Gasteiger partial charge >= 0.3 is 5.97 Å². The van der Waals surface area contributed by atoms with Crippen LogP contribution in [-0.4, -0.2) is 59.1 Å². The second kappa shape index (κ2) is 15.3. The van der Waals surface area contributed by atoms with Crippen LogP contribution in [0.15, 0.2) is 54.6 Å². The van der Waals surface area contributed by atoms with Gasteiger partial charge in [0.05, 0.1) is 32.6 Å². The number of amides is 2. The molecule has 13 heteroatoms. The number of hydrogen-bond acceptors (Lipinski definition) is 8. The highest BCUT2D eigenvalue weighted by Crippen LogP contribution is 2.29. The van der Waals surface area contributed by atoms with Crippen LogP contribution >= 0.6 is 7.52 Å². The molecule has 12 nitrogen and oxygen atoms in total. The molecule has 0 bridgehead atoms. The van der Waals surface area contributed by atoms with Crippen molar-refractivity contribution in [2.45, 2.75) is 51.4 Å². The molecule has 0 spiro atoms. The van der Waals surface area contributed by atoms with Crippen molar-refractivity contribution in [1.82, 2.24) is 21.0 Å². The van der Waals surface area contributed by atoms with E-state index in [-0.39, 0.29) is 30.9 Å². The van der Waals surface area contributed by atoms with E-state index in [0.29, 0.717) is 0 Å². The molecule has 2 amide bonds. The fraction of sp³-hybridized carbons (Fsp3) is 0.423. The van der Waals surface area contributed by atoms with Crippen molar-refractivity contribution >= 4 is 25.3 Å². The molecule has 0 saturated carbocycles. The molecule has 0 aliphatic carbocycles. The number of carbonyl (C=O) groups excluding carboxylic acids is 2. The Morgan fingerprint density at radius 1 is 0.974 bits per heavy atom. The highest BCUT2D eigenvalue weighted by Gasteiger charge is 2.25. The zero-order valence-corrected chi connectivity index (χ0v) is 22.9. The van der Waals surface area contributed by atoms with Crippen molar-refractivity contribution in [3.8, 4) is 5.75 Å². The van der Waals surface area contributed by atoms with Gasteiger partial charge < -0.3 is 36.0 Å². The smallest absolute Gasteiger partial charge is 0.320 e. The van der Waals surface area contributed by atoms with E-state index in [4.69, 9.17) is 5.73 Å². The van der Waals surface area contributed by atoms with Gasteiger partial charge in [-0.3, -0.25) is 24.8 Å². The third-order valence-electron chi connectivity index (χ3n) is 5.68. The highest BCUT2D eigenvalue weighted by molar-refractivity contribution is 7.54. The lowest BCUT2D eigenvalue weighted by molar-refractivity contribution is -0.180. The van der Waals surface area contributed by atoms with Gasteiger partial charge in [-0.15, -0.1) is 0 Å². The molecule has 8 N–H and O–H groups in total. The van der Waals surface area contributed by atoms with Gasteiger partial charge in [0, 0.05) is 6.42 Å². The first-order valence-corrected chi connectivity index (χ1v) is 14.3. The van der Waals surface area contributed by atoms with E-state index >= 15 is 0 Å². The highest BCUT2D eigenvalue weighted by atomic mass is 31.2. The summed E-state index contributed by atoms with van der Waals surface area (Å²) in [4.78, 5) is 48.9. The Morgan fingerprint density at radius 2 is 1.59 bits per heavy atom. The largest absolute Gasteiger partial charge is 0.787 e. The fourth-order valence-corrected chi connectivity index (χ4v) is 4.88. The number of rotatable bonds is 16. The molecule has 0 heterocycles. The van der Waals surface area contributed by atoms with Gasteiger partial charge in [0.1, 0.15) is 11.8 Å². The van der Waals surface area contributed by atoms with Crippen LogP contribution in [0.3, 0.4) is 0 Å². The lowest BCUT2D eigenvalue weighted by Crippen LogP contribution is -2.52. The Hall–Kier alpha value is -3.28. The molecule has 0 aliphatic rings. The summed E-state index contributed by atoms with van der Waals surface area (Å²) in [5.74, 6) is -2.30. The lowest BCUT2D eigenvalue weighted by Gasteiger charge is -2.33. The second-order valence-corrected chi connectivity index (χ2v) is 11.6. The summed E-state index contributed by atoms with van der Waals surface area (Å²) < 4.78 is 12.8. The summed E-state index contributed by atoms with van der Waals surface area (Å²) in [5, 5.41) is 28.9. The SMILES string of the molecule is CC(C)CC(NC(Cc1ccccc1)NP(=O)([O-])CNC(=O)CNC(=O)C(N)Cc1ccc(O)cc1)C(=O)O. The number of nitrogens with one attached hydrogen (secondary N) is 4. The maximum Gasteiger partial charge on any atom is 0.320 e. The number of carboxylic acids is 1. The summed E-state index contributed by atoms with van der Waals surface area (Å²) in [6, 6.07) is 13.2. The third kappa shape index (κ3) is 12.4. The van der Waals surface area contributed by atoms with Gasteiger partial charge in [0.15, 0.2) is 0 Å². The van der Waals surface area contributed by atoms with Crippen LogP contribution in [-0.2, 0) is 31.8 Å². The summed E-state index contributed by atoms with van der Waals surface area (Å²) in [6.45, 7) is 3.25. The predicted molar refractivity (Wildman–Crippen MR) is 144 cm³/mol. The predicted octanol–water partition coefficient (Wildman–Crippen LogP) is 0.253. The number of benzene rings is 2. The number of aliphatic carboxylic acids is 1. The normalized spacial score (nSPS) is 15.1. The Kier molecular flexibility index (Phi) is 12.6. The first-order chi connectivity index (χ1) is 18.3. The molecule has 0 radical (unpaired) electrons. The number of aromatic hydroxyl groups is 1. The van der Waals surface area contributed by atoms with Crippen LogP contribution in [0.1, 0.15) is 31.4 Å². The molecule has 0 aromatic heterocycles. The molecule has 4 unspecified atom stereocenters. The minimum absolute atomic E-state index is 0.0544. The monoisotopic (exact) mass is 562 g/mol. The molecule has 0 saturated heterocycles. The van der Waals surface area contributed by atoms with Crippen molar-refractivity contribution in [2.24, 2.45) is 11.7 Å². The Balaban J connectivity index is 1.91. The zero-order valence-electron chi connectivity index (χ0n) is 22.0. The van der Waals surface area contributed by atoms with E-state index in [1.54, 1.807) is 36.4 Å². The van der Waals surface area contributed by atoms with Gasteiger partial charge in [-0.05, 0) is 42.0 Å². The van der Waals surface area contributed by atoms with E-state index in [1.165, 1.54) is 12.1 Å². The van der Waals surface area contributed by atoms with Gasteiger partial charge in [0.2, 0.25) is 11.8 Å². The molecule has 2 rings (SSSR count). The van der Waals surface area contributed by atoms with Crippen LogP contribution in [0.25, 0.3) is 0 Å². The van der Waals surface area contributed by atoms with Crippen molar-refractivity contribution in [2.75, 3.05) is 12.8 Å². The topological polar surface area (TPSA) is 206 Å².